The number of rotatable bonds is 7. The van der Waals surface area contributed by atoms with Gasteiger partial charge in [-0.15, -0.1) is 0 Å². The molecular weight excluding hydrogens is 368 g/mol. The van der Waals surface area contributed by atoms with Crippen LogP contribution in [0.1, 0.15) is 18.9 Å². The van der Waals surface area contributed by atoms with Gasteiger partial charge in [0.1, 0.15) is 5.25 Å². The molecule has 0 aliphatic heterocycles. The lowest BCUT2D eigenvalue weighted by Gasteiger charge is -2.12. The Morgan fingerprint density at radius 1 is 1.30 bits per heavy atom. The molecule has 0 fully saturated rings. The average Bonchev–Trinajstić information content (AvgIpc) is 3.02. The molecule has 2 heterocycles. The lowest BCUT2D eigenvalue weighted by Crippen LogP contribution is -2.29. The van der Waals surface area contributed by atoms with E-state index in [2.05, 4.69) is 9.97 Å². The van der Waals surface area contributed by atoms with E-state index >= 15 is 0 Å². The molecule has 8 nitrogen and oxygen atoms in total. The van der Waals surface area contributed by atoms with Crippen LogP contribution in [0.25, 0.3) is 11.2 Å². The highest BCUT2D eigenvalue weighted by molar-refractivity contribution is 8.00. The lowest BCUT2D eigenvalue weighted by molar-refractivity contribution is -0.136. The third kappa shape index (κ3) is 3.82. The maximum atomic E-state index is 12.4. The second kappa shape index (κ2) is 7.83. The Balaban J connectivity index is 2.10. The summed E-state index contributed by atoms with van der Waals surface area (Å²) in [7, 11) is 1.53. The zero-order valence-electron chi connectivity index (χ0n) is 15.0. The van der Waals surface area contributed by atoms with Crippen LogP contribution in [0.5, 0.6) is 0 Å². The van der Waals surface area contributed by atoms with E-state index in [4.69, 9.17) is 0 Å². The van der Waals surface area contributed by atoms with Crippen molar-refractivity contribution >= 4 is 28.9 Å². The van der Waals surface area contributed by atoms with Crippen LogP contribution in [0.3, 0.4) is 0 Å². The molecule has 0 bridgehead atoms. The first-order chi connectivity index (χ1) is 12.9. The number of hydrogen-bond donors (Lipinski definition) is 2. The van der Waals surface area contributed by atoms with Gasteiger partial charge in [0.25, 0.3) is 5.56 Å². The predicted octanol–water partition coefficient (Wildman–Crippen LogP) is 1.62. The summed E-state index contributed by atoms with van der Waals surface area (Å²) in [6, 6.07) is 9.77. The fourth-order valence-electron chi connectivity index (χ4n) is 2.83. The van der Waals surface area contributed by atoms with Gasteiger partial charge < -0.3 is 9.67 Å². The van der Waals surface area contributed by atoms with Crippen LogP contribution in [0.4, 0.5) is 0 Å². The molecule has 0 aliphatic rings. The molecule has 1 atom stereocenters. The number of carboxylic acids is 1. The molecule has 0 saturated heterocycles. The number of thioether (sulfide) groups is 1. The SMILES string of the molecule is CCC(Sc1nc2c(c(=O)[nH]c(=O)n2C)n1CCc1ccccc1)C(=O)O. The Labute approximate surface area is 158 Å². The van der Waals surface area contributed by atoms with E-state index < -0.39 is 22.5 Å². The van der Waals surface area contributed by atoms with E-state index in [0.29, 0.717) is 24.5 Å². The summed E-state index contributed by atoms with van der Waals surface area (Å²) in [6.45, 7) is 2.23. The topological polar surface area (TPSA) is 110 Å². The Morgan fingerprint density at radius 2 is 2.00 bits per heavy atom. The molecule has 1 unspecified atom stereocenters. The first-order valence-corrected chi connectivity index (χ1v) is 9.43. The standard InChI is InChI=1S/C18H20N4O4S/c1-3-12(16(24)25)27-18-19-14-13(15(23)20-17(26)21(14)2)22(18)10-9-11-7-5-4-6-8-11/h4-8,12H,3,9-10H2,1-2H3,(H,24,25)(H,20,23,26). The Bertz CT molecular complexity index is 1080. The lowest BCUT2D eigenvalue weighted by atomic mass is 10.1. The molecule has 0 aliphatic carbocycles. The summed E-state index contributed by atoms with van der Waals surface area (Å²) in [4.78, 5) is 42.5. The Kier molecular flexibility index (Phi) is 5.50. The maximum Gasteiger partial charge on any atom is 0.329 e. The number of benzene rings is 1. The zero-order valence-corrected chi connectivity index (χ0v) is 15.8. The van der Waals surface area contributed by atoms with Gasteiger partial charge in [-0.25, -0.2) is 9.78 Å². The Morgan fingerprint density at radius 3 is 2.63 bits per heavy atom. The molecule has 0 saturated carbocycles. The van der Waals surface area contributed by atoms with Gasteiger partial charge in [-0.05, 0) is 18.4 Å². The molecule has 0 spiro atoms. The van der Waals surface area contributed by atoms with Crippen LogP contribution in [-0.2, 0) is 24.8 Å². The van der Waals surface area contributed by atoms with Gasteiger partial charge in [0.15, 0.2) is 16.3 Å². The number of aryl methyl sites for hydroxylation is 3. The van der Waals surface area contributed by atoms with Crippen molar-refractivity contribution in [3.05, 3.63) is 56.7 Å². The van der Waals surface area contributed by atoms with Gasteiger partial charge in [0.05, 0.1) is 0 Å². The quantitative estimate of drug-likeness (QED) is 0.595. The second-order valence-electron chi connectivity index (χ2n) is 6.13. The molecule has 27 heavy (non-hydrogen) atoms. The summed E-state index contributed by atoms with van der Waals surface area (Å²) < 4.78 is 2.97. The van der Waals surface area contributed by atoms with Crippen LogP contribution in [0.15, 0.2) is 45.1 Å². The zero-order chi connectivity index (χ0) is 19.6. The highest BCUT2D eigenvalue weighted by Gasteiger charge is 2.23. The molecule has 0 radical (unpaired) electrons. The summed E-state index contributed by atoms with van der Waals surface area (Å²) in [5.74, 6) is -0.938. The van der Waals surface area contributed by atoms with Crippen LogP contribution in [-0.4, -0.2) is 35.4 Å². The van der Waals surface area contributed by atoms with Gasteiger partial charge in [0.2, 0.25) is 0 Å². The average molecular weight is 388 g/mol. The number of aromatic nitrogens is 4. The number of nitrogens with one attached hydrogen (secondary N) is 1. The van der Waals surface area contributed by atoms with Crippen molar-refractivity contribution in [2.75, 3.05) is 0 Å². The molecule has 9 heteroatoms. The smallest absolute Gasteiger partial charge is 0.329 e. The molecule has 3 rings (SSSR count). The minimum Gasteiger partial charge on any atom is -0.480 e. The summed E-state index contributed by atoms with van der Waals surface area (Å²) in [5.41, 5.74) is 0.531. The minimum atomic E-state index is -0.938. The minimum absolute atomic E-state index is 0.250. The summed E-state index contributed by atoms with van der Waals surface area (Å²) >= 11 is 1.09. The Hall–Kier alpha value is -2.81. The van der Waals surface area contributed by atoms with Gasteiger partial charge in [-0.1, -0.05) is 49.0 Å². The molecule has 2 aromatic heterocycles. The summed E-state index contributed by atoms with van der Waals surface area (Å²) in [6.07, 6.45) is 1.06. The van der Waals surface area contributed by atoms with Crippen LogP contribution in [0, 0.1) is 0 Å². The first kappa shape index (κ1) is 19.0. The maximum absolute atomic E-state index is 12.4. The van der Waals surface area contributed by atoms with Gasteiger partial charge in [0, 0.05) is 13.6 Å². The molecule has 3 aromatic rings. The van der Waals surface area contributed by atoms with Gasteiger partial charge >= 0.3 is 11.7 Å². The number of aromatic amines is 1. The number of imidazole rings is 1. The highest BCUT2D eigenvalue weighted by atomic mass is 32.2. The van der Waals surface area contributed by atoms with E-state index in [9.17, 15) is 19.5 Å². The second-order valence-corrected chi connectivity index (χ2v) is 7.29. The van der Waals surface area contributed by atoms with Gasteiger partial charge in [-0.2, -0.15) is 0 Å². The van der Waals surface area contributed by atoms with E-state index in [1.807, 2.05) is 30.3 Å². The van der Waals surface area contributed by atoms with E-state index in [1.165, 1.54) is 11.6 Å². The van der Waals surface area contributed by atoms with E-state index in [1.54, 1.807) is 11.5 Å². The highest BCUT2D eigenvalue weighted by Crippen LogP contribution is 2.27. The van der Waals surface area contributed by atoms with Gasteiger partial charge in [-0.3, -0.25) is 19.1 Å². The molecule has 1 aromatic carbocycles. The largest absolute Gasteiger partial charge is 0.480 e. The number of aliphatic carboxylic acids is 1. The van der Waals surface area contributed by atoms with Crippen LogP contribution in [0.2, 0.25) is 0 Å². The van der Waals surface area contributed by atoms with Crippen molar-refractivity contribution in [2.45, 2.75) is 36.7 Å². The number of carboxylic acid groups (broad SMARTS) is 1. The fraction of sp³-hybridized carbons (Fsp3) is 0.333. The predicted molar refractivity (Wildman–Crippen MR) is 103 cm³/mol. The van der Waals surface area contributed by atoms with Crippen molar-refractivity contribution < 1.29 is 9.90 Å². The molecule has 142 valence electrons. The molecule has 0 amide bonds. The van der Waals surface area contributed by atoms with E-state index in [0.717, 1.165) is 17.3 Å². The van der Waals surface area contributed by atoms with Crippen molar-refractivity contribution in [3.8, 4) is 0 Å². The molecule has 2 N–H and O–H groups in total. The van der Waals surface area contributed by atoms with Crippen LogP contribution >= 0.6 is 11.8 Å². The van der Waals surface area contributed by atoms with Crippen molar-refractivity contribution in [1.29, 1.82) is 0 Å². The van der Waals surface area contributed by atoms with Crippen molar-refractivity contribution in [2.24, 2.45) is 7.05 Å². The van der Waals surface area contributed by atoms with E-state index in [-0.39, 0.29) is 11.2 Å². The monoisotopic (exact) mass is 388 g/mol. The third-order valence-corrected chi connectivity index (χ3v) is 5.67. The number of nitrogens with zero attached hydrogens (tertiary/aromatic N) is 3. The number of hydrogen-bond acceptors (Lipinski definition) is 5. The summed E-state index contributed by atoms with van der Waals surface area (Å²) in [5, 5.41) is 9.11. The van der Waals surface area contributed by atoms with Crippen molar-refractivity contribution in [1.82, 2.24) is 19.1 Å². The van der Waals surface area contributed by atoms with Crippen molar-refractivity contribution in [3.63, 3.8) is 0 Å². The first-order valence-electron chi connectivity index (χ1n) is 8.55. The number of fused-ring (bicyclic) bond motifs is 1. The number of H-pyrrole nitrogens is 1. The number of carbonyl (C=O) groups is 1. The third-order valence-electron chi connectivity index (χ3n) is 4.33. The van der Waals surface area contributed by atoms with Crippen LogP contribution < -0.4 is 11.2 Å². The normalized spacial score (nSPS) is 12.4. The fourth-order valence-corrected chi connectivity index (χ4v) is 3.80. The molecular formula is C18H20N4O4S.